The van der Waals surface area contributed by atoms with Crippen LogP contribution in [0.15, 0.2) is 24.3 Å². The van der Waals surface area contributed by atoms with Gasteiger partial charge in [-0.05, 0) is 18.6 Å². The Morgan fingerprint density at radius 3 is 2.94 bits per heavy atom. The van der Waals surface area contributed by atoms with E-state index in [2.05, 4.69) is 16.3 Å². The van der Waals surface area contributed by atoms with Crippen LogP contribution in [0.3, 0.4) is 0 Å². The number of nitrogens with zero attached hydrogens (tertiary/aromatic N) is 2. The Labute approximate surface area is 101 Å². The highest BCUT2D eigenvalue weighted by atomic mass is 16.1. The lowest BCUT2D eigenvalue weighted by molar-refractivity contribution is -0.121. The molecule has 1 heterocycles. The van der Waals surface area contributed by atoms with Crippen molar-refractivity contribution in [2.24, 2.45) is 0 Å². The summed E-state index contributed by atoms with van der Waals surface area (Å²) in [6.45, 7) is 2.22. The van der Waals surface area contributed by atoms with Crippen molar-refractivity contribution in [3.8, 4) is 6.07 Å². The summed E-state index contributed by atoms with van der Waals surface area (Å²) >= 11 is 0. The second-order valence-electron chi connectivity index (χ2n) is 4.07. The number of nitrogens with one attached hydrogen (secondary N) is 1. The summed E-state index contributed by atoms with van der Waals surface area (Å²) in [6.07, 6.45) is 1.39. The van der Waals surface area contributed by atoms with Gasteiger partial charge in [-0.25, -0.2) is 0 Å². The van der Waals surface area contributed by atoms with E-state index in [0.717, 1.165) is 25.2 Å². The minimum Gasteiger partial charge on any atom is -0.369 e. The van der Waals surface area contributed by atoms with Crippen LogP contribution < -0.4 is 10.2 Å². The molecule has 88 valence electrons. The summed E-state index contributed by atoms with van der Waals surface area (Å²) in [5.41, 5.74) is 1.66. The smallest absolute Gasteiger partial charge is 0.220 e. The molecule has 2 rings (SSSR count). The van der Waals surface area contributed by atoms with Gasteiger partial charge in [-0.3, -0.25) is 4.79 Å². The molecule has 1 aromatic rings. The zero-order chi connectivity index (χ0) is 12.1. The number of benzene rings is 1. The fraction of sp³-hybridized carbons (Fsp3) is 0.385. The maximum Gasteiger partial charge on any atom is 0.220 e. The van der Waals surface area contributed by atoms with E-state index in [-0.39, 0.29) is 5.91 Å². The summed E-state index contributed by atoms with van der Waals surface area (Å²) in [5.74, 6) is 0.123. The van der Waals surface area contributed by atoms with Crippen LogP contribution in [0.25, 0.3) is 0 Å². The van der Waals surface area contributed by atoms with Gasteiger partial charge in [0, 0.05) is 26.1 Å². The third-order valence-electron chi connectivity index (χ3n) is 2.90. The zero-order valence-corrected chi connectivity index (χ0v) is 9.65. The van der Waals surface area contributed by atoms with Crippen LogP contribution in [-0.4, -0.2) is 25.5 Å². The van der Waals surface area contributed by atoms with Crippen LogP contribution in [0.4, 0.5) is 5.69 Å². The van der Waals surface area contributed by atoms with Crippen molar-refractivity contribution >= 4 is 11.6 Å². The maximum atomic E-state index is 11.2. The van der Waals surface area contributed by atoms with Gasteiger partial charge >= 0.3 is 0 Å². The lowest BCUT2D eigenvalue weighted by atomic mass is 10.1. The topological polar surface area (TPSA) is 56.1 Å². The van der Waals surface area contributed by atoms with Gasteiger partial charge in [-0.2, -0.15) is 5.26 Å². The van der Waals surface area contributed by atoms with Crippen molar-refractivity contribution in [1.82, 2.24) is 5.32 Å². The molecule has 1 N–H and O–H groups in total. The molecular weight excluding hydrogens is 214 g/mol. The van der Waals surface area contributed by atoms with E-state index in [0.29, 0.717) is 18.5 Å². The molecule has 1 aliphatic rings. The number of hydrogen-bond donors (Lipinski definition) is 1. The van der Waals surface area contributed by atoms with E-state index in [1.807, 2.05) is 24.3 Å². The van der Waals surface area contributed by atoms with Crippen LogP contribution in [0, 0.1) is 11.3 Å². The highest BCUT2D eigenvalue weighted by molar-refractivity contribution is 5.76. The standard InChI is InChI=1S/C13H15N3O/c14-10-11-4-1-2-5-12(11)16-8-3-6-13(17)15-7-9-16/h1-2,4-5H,3,6-9H2,(H,15,17). The second-order valence-corrected chi connectivity index (χ2v) is 4.07. The molecule has 0 bridgehead atoms. The normalized spacial score (nSPS) is 16.6. The van der Waals surface area contributed by atoms with E-state index in [1.165, 1.54) is 0 Å². The monoisotopic (exact) mass is 229 g/mol. The van der Waals surface area contributed by atoms with E-state index < -0.39 is 0 Å². The van der Waals surface area contributed by atoms with Gasteiger partial charge in [0.05, 0.1) is 11.3 Å². The first-order chi connectivity index (χ1) is 8.31. The molecule has 1 fully saturated rings. The molecular formula is C13H15N3O. The fourth-order valence-corrected chi connectivity index (χ4v) is 2.05. The number of anilines is 1. The van der Waals surface area contributed by atoms with Crippen molar-refractivity contribution < 1.29 is 4.79 Å². The quantitative estimate of drug-likeness (QED) is 0.789. The van der Waals surface area contributed by atoms with Crippen molar-refractivity contribution in [1.29, 1.82) is 5.26 Å². The molecule has 4 nitrogen and oxygen atoms in total. The molecule has 4 heteroatoms. The van der Waals surface area contributed by atoms with Gasteiger partial charge in [0.1, 0.15) is 6.07 Å². The van der Waals surface area contributed by atoms with Crippen LogP contribution >= 0.6 is 0 Å². The largest absolute Gasteiger partial charge is 0.369 e. The van der Waals surface area contributed by atoms with Crippen molar-refractivity contribution in [2.45, 2.75) is 12.8 Å². The molecule has 0 unspecified atom stereocenters. The minimum atomic E-state index is 0.123. The maximum absolute atomic E-state index is 11.2. The first-order valence-corrected chi connectivity index (χ1v) is 5.82. The zero-order valence-electron chi connectivity index (χ0n) is 9.65. The predicted molar refractivity (Wildman–Crippen MR) is 65.6 cm³/mol. The minimum absolute atomic E-state index is 0.123. The van der Waals surface area contributed by atoms with Crippen LogP contribution in [0.5, 0.6) is 0 Å². The average Bonchev–Trinajstić information content (AvgIpc) is 2.34. The summed E-state index contributed by atoms with van der Waals surface area (Å²) in [5, 5.41) is 11.9. The Bertz CT molecular complexity index is 438. The highest BCUT2D eigenvalue weighted by Gasteiger charge is 2.14. The molecule has 1 saturated heterocycles. The third-order valence-corrected chi connectivity index (χ3v) is 2.90. The number of carbonyl (C=O) groups is 1. The summed E-state index contributed by atoms with van der Waals surface area (Å²) in [4.78, 5) is 13.4. The van der Waals surface area contributed by atoms with E-state index in [1.54, 1.807) is 0 Å². The lowest BCUT2D eigenvalue weighted by Crippen LogP contribution is -2.39. The van der Waals surface area contributed by atoms with Crippen LogP contribution in [-0.2, 0) is 4.79 Å². The molecule has 0 saturated carbocycles. The van der Waals surface area contributed by atoms with Crippen molar-refractivity contribution in [3.05, 3.63) is 29.8 Å². The molecule has 0 aliphatic carbocycles. The molecule has 1 aromatic carbocycles. The summed E-state index contributed by atoms with van der Waals surface area (Å²) in [7, 11) is 0. The van der Waals surface area contributed by atoms with Gasteiger partial charge in [0.15, 0.2) is 0 Å². The molecule has 1 amide bonds. The first-order valence-electron chi connectivity index (χ1n) is 5.82. The summed E-state index contributed by atoms with van der Waals surface area (Å²) in [6, 6.07) is 9.80. The number of hydrogen-bond acceptors (Lipinski definition) is 3. The lowest BCUT2D eigenvalue weighted by Gasteiger charge is -2.27. The molecule has 0 atom stereocenters. The fourth-order valence-electron chi connectivity index (χ4n) is 2.05. The van der Waals surface area contributed by atoms with E-state index in [9.17, 15) is 4.79 Å². The Balaban J connectivity index is 2.16. The number of amides is 1. The van der Waals surface area contributed by atoms with E-state index >= 15 is 0 Å². The second kappa shape index (κ2) is 5.35. The Morgan fingerprint density at radius 2 is 2.12 bits per heavy atom. The predicted octanol–water partition coefficient (Wildman–Crippen LogP) is 1.27. The summed E-state index contributed by atoms with van der Waals surface area (Å²) < 4.78 is 0. The molecule has 1 aliphatic heterocycles. The Morgan fingerprint density at radius 1 is 1.29 bits per heavy atom. The SMILES string of the molecule is N#Cc1ccccc1N1CCCC(=O)NCC1. The number of rotatable bonds is 1. The Kier molecular flexibility index (Phi) is 3.61. The average molecular weight is 229 g/mol. The first kappa shape index (κ1) is 11.5. The third kappa shape index (κ3) is 2.76. The van der Waals surface area contributed by atoms with Crippen molar-refractivity contribution in [3.63, 3.8) is 0 Å². The highest BCUT2D eigenvalue weighted by Crippen LogP contribution is 2.20. The Hall–Kier alpha value is -2.02. The number of para-hydroxylation sites is 1. The van der Waals surface area contributed by atoms with Gasteiger partial charge in [-0.1, -0.05) is 12.1 Å². The van der Waals surface area contributed by atoms with Crippen LogP contribution in [0.1, 0.15) is 18.4 Å². The van der Waals surface area contributed by atoms with Gasteiger partial charge < -0.3 is 10.2 Å². The number of carbonyl (C=O) groups excluding carboxylic acids is 1. The van der Waals surface area contributed by atoms with Gasteiger partial charge in [-0.15, -0.1) is 0 Å². The van der Waals surface area contributed by atoms with Crippen molar-refractivity contribution in [2.75, 3.05) is 24.5 Å². The van der Waals surface area contributed by atoms with Gasteiger partial charge in [0.2, 0.25) is 5.91 Å². The van der Waals surface area contributed by atoms with Crippen LogP contribution in [0.2, 0.25) is 0 Å². The van der Waals surface area contributed by atoms with Gasteiger partial charge in [0.25, 0.3) is 0 Å². The van der Waals surface area contributed by atoms with E-state index in [4.69, 9.17) is 5.26 Å². The number of nitriles is 1. The molecule has 0 aromatic heterocycles. The molecule has 0 radical (unpaired) electrons. The molecule has 17 heavy (non-hydrogen) atoms. The molecule has 0 spiro atoms.